The minimum atomic E-state index is -3.30. The van der Waals surface area contributed by atoms with Crippen molar-refractivity contribution in [2.24, 2.45) is 0 Å². The summed E-state index contributed by atoms with van der Waals surface area (Å²) in [5, 5.41) is 4.90. The van der Waals surface area contributed by atoms with E-state index < -0.39 is 7.60 Å². The number of aromatic nitrogens is 1. The number of amides is 1. The van der Waals surface area contributed by atoms with Gasteiger partial charge in [0.1, 0.15) is 17.6 Å². The summed E-state index contributed by atoms with van der Waals surface area (Å²) in [5.41, 5.74) is 2.03. The molecule has 0 saturated carbocycles. The van der Waals surface area contributed by atoms with Crippen molar-refractivity contribution in [2.75, 3.05) is 38.9 Å². The lowest BCUT2D eigenvalue weighted by molar-refractivity contribution is 0.0914. The van der Waals surface area contributed by atoms with E-state index in [1.165, 1.54) is 11.3 Å². The number of hydrogen-bond donors (Lipinski definition) is 1. The van der Waals surface area contributed by atoms with Gasteiger partial charge in [-0.25, -0.2) is 4.98 Å². The highest BCUT2D eigenvalue weighted by molar-refractivity contribution is 7.53. The Labute approximate surface area is 241 Å². The highest BCUT2D eigenvalue weighted by Crippen LogP contribution is 2.51. The molecule has 220 valence electrons. The smallest absolute Gasteiger partial charge is 0.336 e. The molecular formula is C29H41N2O7PS. The van der Waals surface area contributed by atoms with Crippen molar-refractivity contribution in [3.63, 3.8) is 0 Å². The van der Waals surface area contributed by atoms with E-state index in [9.17, 15) is 9.36 Å². The highest BCUT2D eigenvalue weighted by Gasteiger charge is 2.26. The minimum absolute atomic E-state index is 0.0289. The summed E-state index contributed by atoms with van der Waals surface area (Å²) < 4.78 is 40.6. The molecule has 3 rings (SSSR count). The molecule has 0 fully saturated rings. The van der Waals surface area contributed by atoms with E-state index in [0.29, 0.717) is 41.1 Å². The molecule has 40 heavy (non-hydrogen) atoms. The number of hydrogen-bond acceptors (Lipinski definition) is 9. The van der Waals surface area contributed by atoms with Crippen LogP contribution in [0.1, 0.15) is 56.2 Å². The molecule has 0 saturated heterocycles. The number of thiazole rings is 1. The van der Waals surface area contributed by atoms with E-state index in [0.717, 1.165) is 12.0 Å². The van der Waals surface area contributed by atoms with Crippen LogP contribution >= 0.6 is 18.9 Å². The van der Waals surface area contributed by atoms with Gasteiger partial charge < -0.3 is 23.3 Å². The number of benzene rings is 2. The maximum absolute atomic E-state index is 13.1. The monoisotopic (exact) mass is 592 g/mol. The molecule has 1 aromatic heterocycles. The Morgan fingerprint density at radius 3 is 2.38 bits per heavy atom. The fourth-order valence-electron chi connectivity index (χ4n) is 3.61. The molecule has 0 radical (unpaired) electrons. The average Bonchev–Trinajstić information content (AvgIpc) is 3.36. The molecule has 1 atom stereocenters. The molecule has 1 heterocycles. The third kappa shape index (κ3) is 11.4. The number of carbonyl (C=O) groups excluding carboxylic acids is 1. The van der Waals surface area contributed by atoms with Crippen molar-refractivity contribution in [3.05, 3.63) is 70.7 Å². The fraction of sp³-hybridized carbons (Fsp3) is 0.448. The zero-order valence-corrected chi connectivity index (χ0v) is 25.9. The number of nitrogens with zero attached hydrogens (tertiary/aromatic N) is 1. The Balaban J connectivity index is 0.00000274. The number of carbonyl (C=O) groups is 1. The van der Waals surface area contributed by atoms with Crippen LogP contribution in [-0.2, 0) is 30.9 Å². The molecule has 0 aliphatic rings. The van der Waals surface area contributed by atoms with Gasteiger partial charge in [0.2, 0.25) is 0 Å². The highest BCUT2D eigenvalue weighted by atomic mass is 32.1. The van der Waals surface area contributed by atoms with E-state index in [1.807, 2.05) is 51.1 Å². The van der Waals surface area contributed by atoms with Crippen molar-refractivity contribution in [1.82, 2.24) is 4.98 Å². The number of ether oxygens (including phenoxy) is 3. The van der Waals surface area contributed by atoms with Crippen LogP contribution < -0.4 is 14.8 Å². The lowest BCUT2D eigenvalue weighted by Crippen LogP contribution is -2.19. The SMILES string of the molecule is CC.CCOP(=O)(Cc1csc(NC(=O)c2cc(OCCc3ccccc3)cc(O[C@@H](C)COC)c2)n1)OCC. The van der Waals surface area contributed by atoms with Crippen LogP contribution in [0.2, 0.25) is 0 Å². The van der Waals surface area contributed by atoms with E-state index in [2.05, 4.69) is 10.3 Å². The largest absolute Gasteiger partial charge is 0.493 e. The number of methoxy groups -OCH3 is 1. The van der Waals surface area contributed by atoms with E-state index >= 15 is 0 Å². The first-order valence-corrected chi connectivity index (χ1v) is 16.1. The van der Waals surface area contributed by atoms with Gasteiger partial charge in [-0.3, -0.25) is 14.7 Å². The number of rotatable bonds is 16. The fourth-order valence-corrected chi connectivity index (χ4v) is 6.04. The molecular weight excluding hydrogens is 551 g/mol. The second-order valence-corrected chi connectivity index (χ2v) is 11.3. The molecule has 2 aromatic carbocycles. The Hall–Kier alpha value is -2.75. The van der Waals surface area contributed by atoms with Gasteiger partial charge in [0, 0.05) is 30.5 Å². The molecule has 0 unspecified atom stereocenters. The summed E-state index contributed by atoms with van der Waals surface area (Å²) in [6, 6.07) is 15.1. The molecule has 3 aromatic rings. The molecule has 1 amide bonds. The van der Waals surface area contributed by atoms with Gasteiger partial charge in [-0.2, -0.15) is 0 Å². The Bertz CT molecular complexity index is 1200. The van der Waals surface area contributed by atoms with Crippen LogP contribution in [-0.4, -0.2) is 50.5 Å². The van der Waals surface area contributed by atoms with Gasteiger partial charge in [0.05, 0.1) is 38.3 Å². The number of nitrogens with one attached hydrogen (secondary N) is 1. The molecule has 0 aliphatic carbocycles. The summed E-state index contributed by atoms with van der Waals surface area (Å²) in [6.45, 7) is 10.8. The van der Waals surface area contributed by atoms with E-state index in [1.54, 1.807) is 44.5 Å². The third-order valence-electron chi connectivity index (χ3n) is 5.16. The predicted octanol–water partition coefficient (Wildman–Crippen LogP) is 7.22. The molecule has 0 aliphatic heterocycles. The summed E-state index contributed by atoms with van der Waals surface area (Å²) in [4.78, 5) is 17.5. The van der Waals surface area contributed by atoms with Crippen LogP contribution in [0.25, 0.3) is 0 Å². The molecule has 0 bridgehead atoms. The Morgan fingerprint density at radius 2 is 1.73 bits per heavy atom. The van der Waals surface area contributed by atoms with E-state index in [-0.39, 0.29) is 31.4 Å². The molecule has 1 N–H and O–H groups in total. The second-order valence-electron chi connectivity index (χ2n) is 8.36. The van der Waals surface area contributed by atoms with Crippen LogP contribution in [0.3, 0.4) is 0 Å². The molecule has 0 spiro atoms. The molecule has 9 nitrogen and oxygen atoms in total. The summed E-state index contributed by atoms with van der Waals surface area (Å²) >= 11 is 1.23. The standard InChI is InChI=1S/C27H35N2O7PS.C2H6/c1-5-34-37(31,35-6-2)18-23-19-38-27(28-23)29-26(30)22-14-24(16-25(15-22)36-20(3)17-32-4)33-13-12-21-10-8-7-9-11-21;1-2/h7-11,14-16,19-20H,5-6,12-13,17-18H2,1-4H3,(H,28,29,30);1-2H3/t20-;/m0./s1. The maximum Gasteiger partial charge on any atom is 0.336 e. The first kappa shape index (κ1) is 33.5. The van der Waals surface area contributed by atoms with Gasteiger partial charge in [-0.05, 0) is 38.5 Å². The maximum atomic E-state index is 13.1. The first-order chi connectivity index (χ1) is 19.3. The third-order valence-corrected chi connectivity index (χ3v) is 7.98. The van der Waals surface area contributed by atoms with Crippen LogP contribution in [0.4, 0.5) is 5.13 Å². The first-order valence-electron chi connectivity index (χ1n) is 13.5. The van der Waals surface area contributed by atoms with Crippen LogP contribution in [0.15, 0.2) is 53.9 Å². The summed E-state index contributed by atoms with van der Waals surface area (Å²) in [5.74, 6) is 0.634. The lowest BCUT2D eigenvalue weighted by atomic mass is 10.1. The summed E-state index contributed by atoms with van der Waals surface area (Å²) in [7, 11) is -1.69. The average molecular weight is 593 g/mol. The number of anilines is 1. The van der Waals surface area contributed by atoms with Crippen molar-refractivity contribution in [1.29, 1.82) is 0 Å². The van der Waals surface area contributed by atoms with Gasteiger partial charge >= 0.3 is 7.60 Å². The second kappa shape index (κ2) is 17.8. The summed E-state index contributed by atoms with van der Waals surface area (Å²) in [6.07, 6.45) is 0.535. The van der Waals surface area contributed by atoms with Crippen molar-refractivity contribution >= 4 is 30.0 Å². The van der Waals surface area contributed by atoms with Crippen molar-refractivity contribution < 1.29 is 32.6 Å². The van der Waals surface area contributed by atoms with Crippen LogP contribution in [0, 0.1) is 0 Å². The Kier molecular flexibility index (Phi) is 14.9. The Morgan fingerprint density at radius 1 is 1.05 bits per heavy atom. The minimum Gasteiger partial charge on any atom is -0.493 e. The zero-order valence-electron chi connectivity index (χ0n) is 24.2. The topological polar surface area (TPSA) is 105 Å². The van der Waals surface area contributed by atoms with Gasteiger partial charge in [0.15, 0.2) is 5.13 Å². The van der Waals surface area contributed by atoms with Gasteiger partial charge in [-0.15, -0.1) is 11.3 Å². The van der Waals surface area contributed by atoms with Gasteiger partial charge in [0.25, 0.3) is 5.91 Å². The predicted molar refractivity (Wildman–Crippen MR) is 160 cm³/mol. The van der Waals surface area contributed by atoms with Crippen molar-refractivity contribution in [2.45, 2.75) is 53.3 Å². The van der Waals surface area contributed by atoms with E-state index in [4.69, 9.17) is 23.3 Å². The lowest BCUT2D eigenvalue weighted by Gasteiger charge is -2.16. The van der Waals surface area contributed by atoms with Gasteiger partial charge in [-0.1, -0.05) is 44.2 Å². The molecule has 11 heteroatoms. The quantitative estimate of drug-likeness (QED) is 0.174. The zero-order chi connectivity index (χ0) is 29.4. The normalized spacial score (nSPS) is 11.8. The van der Waals surface area contributed by atoms with Crippen LogP contribution in [0.5, 0.6) is 11.5 Å². The van der Waals surface area contributed by atoms with Crippen molar-refractivity contribution in [3.8, 4) is 11.5 Å².